The smallest absolute Gasteiger partial charge is 0.149 e. The zero-order valence-corrected chi connectivity index (χ0v) is 7.63. The van der Waals surface area contributed by atoms with Crippen LogP contribution in [0, 0.1) is 0 Å². The highest BCUT2D eigenvalue weighted by molar-refractivity contribution is 5.77. The summed E-state index contributed by atoms with van der Waals surface area (Å²) in [5.74, 6) is 0.305. The molecule has 1 aliphatic carbocycles. The number of allylic oxidation sites excluding steroid dienone is 4. The van der Waals surface area contributed by atoms with Crippen LogP contribution in [0.2, 0.25) is 0 Å². The van der Waals surface area contributed by atoms with Gasteiger partial charge in [0.2, 0.25) is 0 Å². The average Bonchev–Trinajstić information content (AvgIpc) is 2.30. The maximum atomic E-state index is 10.5. The van der Waals surface area contributed by atoms with E-state index in [1.807, 2.05) is 30.6 Å². The molecule has 1 aliphatic rings. The Labute approximate surface area is 82.2 Å². The molecule has 0 aromatic carbocycles. The third-order valence-corrected chi connectivity index (χ3v) is 2.27. The van der Waals surface area contributed by atoms with Crippen LogP contribution in [0.1, 0.15) is 17.9 Å². The third-order valence-electron chi connectivity index (χ3n) is 2.27. The van der Waals surface area contributed by atoms with Crippen LogP contribution in [-0.4, -0.2) is 16.3 Å². The summed E-state index contributed by atoms with van der Waals surface area (Å²) < 4.78 is 0. The number of rotatable bonds is 2. The van der Waals surface area contributed by atoms with Crippen molar-refractivity contribution < 1.29 is 4.79 Å². The molecule has 1 atom stereocenters. The Kier molecular flexibility index (Phi) is 2.49. The fourth-order valence-electron chi connectivity index (χ4n) is 1.47. The summed E-state index contributed by atoms with van der Waals surface area (Å²) in [7, 11) is 0. The molecule has 3 heteroatoms. The molecule has 14 heavy (non-hydrogen) atoms. The Balaban J connectivity index is 2.15. The lowest BCUT2D eigenvalue weighted by Crippen LogP contribution is -2.00. The molecular weight excluding hydrogens is 176 g/mol. The Morgan fingerprint density at radius 3 is 2.71 bits per heavy atom. The van der Waals surface area contributed by atoms with E-state index in [9.17, 15) is 4.79 Å². The molecule has 1 aromatic heterocycles. The first kappa shape index (κ1) is 8.81. The van der Waals surface area contributed by atoms with Crippen molar-refractivity contribution in [1.82, 2.24) is 9.97 Å². The lowest BCUT2D eigenvalue weighted by molar-refractivity contribution is -0.104. The average molecular weight is 186 g/mol. The number of nitrogens with zero attached hydrogens (tertiary/aromatic N) is 2. The fourth-order valence-corrected chi connectivity index (χ4v) is 1.47. The van der Waals surface area contributed by atoms with Gasteiger partial charge in [-0.05, 0) is 12.0 Å². The van der Waals surface area contributed by atoms with Crippen molar-refractivity contribution in [3.63, 3.8) is 0 Å². The van der Waals surface area contributed by atoms with E-state index in [-0.39, 0.29) is 0 Å². The Morgan fingerprint density at radius 1 is 1.36 bits per heavy atom. The lowest BCUT2D eigenvalue weighted by Gasteiger charge is -2.13. The first-order valence-electron chi connectivity index (χ1n) is 4.48. The number of carbonyl (C=O) groups is 1. The minimum absolute atomic E-state index is 0.305. The molecule has 0 saturated carbocycles. The van der Waals surface area contributed by atoms with E-state index in [4.69, 9.17) is 0 Å². The largest absolute Gasteiger partial charge is 0.298 e. The van der Waals surface area contributed by atoms with Gasteiger partial charge < -0.3 is 0 Å². The van der Waals surface area contributed by atoms with Crippen LogP contribution in [0.5, 0.6) is 0 Å². The molecule has 1 aromatic rings. The van der Waals surface area contributed by atoms with Gasteiger partial charge in [0.15, 0.2) is 0 Å². The van der Waals surface area contributed by atoms with Gasteiger partial charge in [-0.25, -0.2) is 9.97 Å². The normalized spacial score (nSPS) is 20.3. The Hall–Kier alpha value is -1.77. The van der Waals surface area contributed by atoms with Crippen LogP contribution in [0.15, 0.2) is 42.5 Å². The van der Waals surface area contributed by atoms with Crippen molar-refractivity contribution in [2.75, 3.05) is 0 Å². The summed E-state index contributed by atoms with van der Waals surface area (Å²) >= 11 is 0. The van der Waals surface area contributed by atoms with Gasteiger partial charge in [-0.3, -0.25) is 4.79 Å². The minimum Gasteiger partial charge on any atom is -0.298 e. The van der Waals surface area contributed by atoms with E-state index in [0.29, 0.717) is 5.92 Å². The summed E-state index contributed by atoms with van der Waals surface area (Å²) in [6.07, 6.45) is 12.6. The molecular formula is C11H10N2O. The molecule has 0 bridgehead atoms. The van der Waals surface area contributed by atoms with Crippen molar-refractivity contribution in [3.05, 3.63) is 48.1 Å². The van der Waals surface area contributed by atoms with E-state index in [1.54, 1.807) is 0 Å². The number of hydrogen-bond acceptors (Lipinski definition) is 3. The number of aldehydes is 1. The van der Waals surface area contributed by atoms with E-state index in [2.05, 4.69) is 9.97 Å². The predicted molar refractivity (Wildman–Crippen MR) is 52.7 cm³/mol. The van der Waals surface area contributed by atoms with Gasteiger partial charge >= 0.3 is 0 Å². The van der Waals surface area contributed by atoms with Gasteiger partial charge in [-0.15, -0.1) is 0 Å². The lowest BCUT2D eigenvalue weighted by atomic mass is 9.92. The molecule has 3 nitrogen and oxygen atoms in total. The molecule has 0 fully saturated rings. The zero-order valence-electron chi connectivity index (χ0n) is 7.63. The summed E-state index contributed by atoms with van der Waals surface area (Å²) in [6.45, 7) is 0. The standard InChI is InChI=1S/C11H10N2O/c14-7-9-1-3-10(4-2-9)11-5-12-8-13-6-11/h1-3,5-8,10H,4H2. The van der Waals surface area contributed by atoms with Gasteiger partial charge in [0.05, 0.1) is 0 Å². The highest BCUT2D eigenvalue weighted by Gasteiger charge is 2.10. The van der Waals surface area contributed by atoms with Gasteiger partial charge in [-0.1, -0.05) is 18.2 Å². The van der Waals surface area contributed by atoms with E-state index in [1.165, 1.54) is 6.33 Å². The second-order valence-corrected chi connectivity index (χ2v) is 3.20. The summed E-state index contributed by atoms with van der Waals surface area (Å²) in [6, 6.07) is 0. The second kappa shape index (κ2) is 3.96. The van der Waals surface area contributed by atoms with E-state index < -0.39 is 0 Å². The van der Waals surface area contributed by atoms with Crippen LogP contribution in [-0.2, 0) is 4.79 Å². The predicted octanol–water partition coefficient (Wildman–Crippen LogP) is 1.65. The zero-order chi connectivity index (χ0) is 9.80. The fraction of sp³-hybridized carbons (Fsp3) is 0.182. The molecule has 0 amide bonds. The van der Waals surface area contributed by atoms with E-state index in [0.717, 1.165) is 23.8 Å². The summed E-state index contributed by atoms with van der Waals surface area (Å²) in [4.78, 5) is 18.4. The number of carbonyl (C=O) groups excluding carboxylic acids is 1. The summed E-state index contributed by atoms with van der Waals surface area (Å²) in [5.41, 5.74) is 1.84. The number of hydrogen-bond donors (Lipinski definition) is 0. The Morgan fingerprint density at radius 2 is 2.14 bits per heavy atom. The SMILES string of the molecule is O=CC1=CCC(c2cncnc2)C=C1. The van der Waals surface area contributed by atoms with Crippen molar-refractivity contribution in [3.8, 4) is 0 Å². The highest BCUT2D eigenvalue weighted by Crippen LogP contribution is 2.24. The molecule has 1 unspecified atom stereocenters. The molecule has 0 spiro atoms. The molecule has 70 valence electrons. The maximum Gasteiger partial charge on any atom is 0.149 e. The van der Waals surface area contributed by atoms with Gasteiger partial charge in [0, 0.05) is 23.9 Å². The minimum atomic E-state index is 0.305. The molecule has 0 radical (unpaired) electrons. The van der Waals surface area contributed by atoms with Crippen LogP contribution in [0.4, 0.5) is 0 Å². The maximum absolute atomic E-state index is 10.5. The van der Waals surface area contributed by atoms with Crippen molar-refractivity contribution in [2.45, 2.75) is 12.3 Å². The molecule has 0 N–H and O–H groups in total. The first-order valence-corrected chi connectivity index (χ1v) is 4.48. The van der Waals surface area contributed by atoms with E-state index >= 15 is 0 Å². The van der Waals surface area contributed by atoms with Crippen molar-refractivity contribution >= 4 is 6.29 Å². The van der Waals surface area contributed by atoms with Gasteiger partial charge in [0.25, 0.3) is 0 Å². The summed E-state index contributed by atoms with van der Waals surface area (Å²) in [5, 5.41) is 0. The van der Waals surface area contributed by atoms with Crippen molar-refractivity contribution in [1.29, 1.82) is 0 Å². The van der Waals surface area contributed by atoms with Gasteiger partial charge in [-0.2, -0.15) is 0 Å². The highest BCUT2D eigenvalue weighted by atomic mass is 16.1. The third kappa shape index (κ3) is 1.76. The van der Waals surface area contributed by atoms with Crippen LogP contribution in [0.25, 0.3) is 0 Å². The quantitative estimate of drug-likeness (QED) is 0.659. The van der Waals surface area contributed by atoms with Crippen LogP contribution in [0.3, 0.4) is 0 Å². The first-order chi connectivity index (χ1) is 6.90. The molecule has 1 heterocycles. The monoisotopic (exact) mass is 186 g/mol. The van der Waals surface area contributed by atoms with Crippen LogP contribution < -0.4 is 0 Å². The number of aromatic nitrogens is 2. The van der Waals surface area contributed by atoms with Gasteiger partial charge in [0.1, 0.15) is 12.6 Å². The topological polar surface area (TPSA) is 42.9 Å². The van der Waals surface area contributed by atoms with Crippen molar-refractivity contribution in [2.24, 2.45) is 0 Å². The molecule has 0 aliphatic heterocycles. The molecule has 2 rings (SSSR count). The molecule has 0 saturated heterocycles. The second-order valence-electron chi connectivity index (χ2n) is 3.20. The Bertz CT molecular complexity index is 382. The van der Waals surface area contributed by atoms with Crippen LogP contribution >= 0.6 is 0 Å².